The fraction of sp³-hybridized carbons (Fsp3) is 0.444. The molecule has 106 valence electrons. The van der Waals surface area contributed by atoms with E-state index >= 15 is 0 Å². The van der Waals surface area contributed by atoms with Crippen LogP contribution in [0.25, 0.3) is 0 Å². The van der Waals surface area contributed by atoms with Gasteiger partial charge in [0.15, 0.2) is 0 Å². The molecule has 0 saturated heterocycles. The van der Waals surface area contributed by atoms with Gasteiger partial charge in [-0.15, -0.1) is 11.1 Å². The Morgan fingerprint density at radius 1 is 0.850 bits per heavy atom. The van der Waals surface area contributed by atoms with Crippen LogP contribution in [0.4, 0.5) is 0 Å². The smallest absolute Gasteiger partial charge is 0.127 e. The molecule has 0 saturated carbocycles. The monoisotopic (exact) mass is 298 g/mol. The van der Waals surface area contributed by atoms with Crippen LogP contribution in [0.15, 0.2) is 18.2 Å². The van der Waals surface area contributed by atoms with E-state index in [-0.39, 0.29) is 0 Å². The highest BCUT2D eigenvalue weighted by atomic mass is 28.3. The van der Waals surface area contributed by atoms with Gasteiger partial charge in [0, 0.05) is 11.1 Å². The molecule has 2 heteroatoms. The molecular formula is C18H26Si2. The summed E-state index contributed by atoms with van der Waals surface area (Å²) in [5.74, 6) is 6.71. The van der Waals surface area contributed by atoms with E-state index in [2.05, 4.69) is 87.3 Å². The fourth-order valence-corrected chi connectivity index (χ4v) is 2.63. The quantitative estimate of drug-likeness (QED) is 0.520. The molecule has 0 radical (unpaired) electrons. The van der Waals surface area contributed by atoms with Gasteiger partial charge in [-0.3, -0.25) is 0 Å². The zero-order valence-electron chi connectivity index (χ0n) is 13.9. The Kier molecular flexibility index (Phi) is 5.45. The largest absolute Gasteiger partial charge is 0.129 e. The Bertz CT molecular complexity index is 591. The van der Waals surface area contributed by atoms with Crippen LogP contribution >= 0.6 is 0 Å². The molecule has 0 fully saturated rings. The van der Waals surface area contributed by atoms with Crippen molar-refractivity contribution in [1.29, 1.82) is 0 Å². The summed E-state index contributed by atoms with van der Waals surface area (Å²) in [6.07, 6.45) is 1.01. The molecule has 20 heavy (non-hydrogen) atoms. The van der Waals surface area contributed by atoms with Crippen molar-refractivity contribution in [2.75, 3.05) is 0 Å². The molecule has 0 bridgehead atoms. The number of benzene rings is 1. The third-order valence-electron chi connectivity index (χ3n) is 2.64. The molecule has 1 aromatic carbocycles. The fourth-order valence-electron chi connectivity index (χ4n) is 1.60. The van der Waals surface area contributed by atoms with Crippen LogP contribution in [0, 0.1) is 22.9 Å². The Morgan fingerprint density at radius 2 is 1.40 bits per heavy atom. The van der Waals surface area contributed by atoms with Crippen molar-refractivity contribution in [2.45, 2.75) is 52.6 Å². The Hall–Kier alpha value is -1.23. The van der Waals surface area contributed by atoms with Crippen LogP contribution in [0.5, 0.6) is 0 Å². The van der Waals surface area contributed by atoms with Crippen molar-refractivity contribution in [2.24, 2.45) is 0 Å². The Labute approximate surface area is 127 Å². The zero-order valence-corrected chi connectivity index (χ0v) is 15.9. The minimum Gasteiger partial charge on any atom is -0.127 e. The summed E-state index contributed by atoms with van der Waals surface area (Å²) in [6, 6.07) is 6.46. The first-order valence-corrected chi connectivity index (χ1v) is 14.3. The summed E-state index contributed by atoms with van der Waals surface area (Å²) in [4.78, 5) is 0. The summed E-state index contributed by atoms with van der Waals surface area (Å²) in [5, 5.41) is 0. The first-order chi connectivity index (χ1) is 9.11. The zero-order chi connectivity index (χ0) is 15.4. The molecule has 1 rings (SSSR count). The highest BCUT2D eigenvalue weighted by molar-refractivity contribution is 6.84. The maximum absolute atomic E-state index is 3.45. The Morgan fingerprint density at radius 3 is 1.90 bits per heavy atom. The minimum atomic E-state index is -1.31. The summed E-state index contributed by atoms with van der Waals surface area (Å²) in [7, 11) is -2.62. The molecule has 0 N–H and O–H groups in total. The van der Waals surface area contributed by atoms with Crippen LogP contribution < -0.4 is 0 Å². The lowest BCUT2D eigenvalue weighted by molar-refractivity contribution is 1.13. The first-order valence-electron chi connectivity index (χ1n) is 7.30. The van der Waals surface area contributed by atoms with Gasteiger partial charge >= 0.3 is 0 Å². The van der Waals surface area contributed by atoms with Crippen molar-refractivity contribution in [1.82, 2.24) is 0 Å². The van der Waals surface area contributed by atoms with E-state index in [1.165, 1.54) is 11.1 Å². The van der Waals surface area contributed by atoms with E-state index in [0.717, 1.165) is 12.0 Å². The highest BCUT2D eigenvalue weighted by Gasteiger charge is 2.09. The molecular weight excluding hydrogens is 272 g/mol. The second-order valence-electron chi connectivity index (χ2n) is 7.23. The SMILES string of the molecule is CCc1cc(C#C[Si](C)(C)C)ccc1C#C[Si](C)(C)C. The highest BCUT2D eigenvalue weighted by Crippen LogP contribution is 2.12. The predicted molar refractivity (Wildman–Crippen MR) is 96.3 cm³/mol. The van der Waals surface area contributed by atoms with Crippen molar-refractivity contribution in [3.05, 3.63) is 34.9 Å². The number of hydrogen-bond acceptors (Lipinski definition) is 0. The van der Waals surface area contributed by atoms with Crippen molar-refractivity contribution in [3.63, 3.8) is 0 Å². The minimum absolute atomic E-state index is 1.01. The number of rotatable bonds is 1. The van der Waals surface area contributed by atoms with Gasteiger partial charge in [-0.2, -0.15) is 0 Å². The molecule has 0 heterocycles. The summed E-state index contributed by atoms with van der Waals surface area (Å²) < 4.78 is 0. The van der Waals surface area contributed by atoms with Crippen LogP contribution in [-0.2, 0) is 6.42 Å². The van der Waals surface area contributed by atoms with Gasteiger partial charge in [0.25, 0.3) is 0 Å². The number of aryl methyl sites for hydroxylation is 1. The Balaban J connectivity index is 3.13. The van der Waals surface area contributed by atoms with Crippen LogP contribution in [-0.4, -0.2) is 16.1 Å². The van der Waals surface area contributed by atoms with Crippen LogP contribution in [0.1, 0.15) is 23.6 Å². The van der Waals surface area contributed by atoms with Gasteiger partial charge < -0.3 is 0 Å². The van der Waals surface area contributed by atoms with E-state index in [9.17, 15) is 0 Å². The summed E-state index contributed by atoms with van der Waals surface area (Å²) in [6.45, 7) is 15.8. The molecule has 0 atom stereocenters. The lowest BCUT2D eigenvalue weighted by Crippen LogP contribution is -2.16. The normalized spacial score (nSPS) is 11.2. The van der Waals surface area contributed by atoms with Crippen LogP contribution in [0.2, 0.25) is 39.3 Å². The molecule has 0 aromatic heterocycles. The lowest BCUT2D eigenvalue weighted by Gasteiger charge is -2.07. The molecule has 0 nitrogen and oxygen atoms in total. The summed E-state index contributed by atoms with van der Waals surface area (Å²) >= 11 is 0. The van der Waals surface area contributed by atoms with E-state index in [1.807, 2.05) is 0 Å². The standard InChI is InChI=1S/C18H26Si2/c1-8-17-15-16(11-13-19(2,3)4)9-10-18(17)12-14-20(5,6)7/h9-10,15H,8H2,1-7H3. The topological polar surface area (TPSA) is 0 Å². The maximum Gasteiger partial charge on any atom is 0.129 e. The second kappa shape index (κ2) is 6.48. The third kappa shape index (κ3) is 6.28. The van der Waals surface area contributed by atoms with Gasteiger partial charge in [-0.1, -0.05) is 58.0 Å². The molecule has 0 aliphatic heterocycles. The van der Waals surface area contributed by atoms with Gasteiger partial charge in [0.2, 0.25) is 0 Å². The van der Waals surface area contributed by atoms with Crippen LogP contribution in [0.3, 0.4) is 0 Å². The third-order valence-corrected chi connectivity index (χ3v) is 4.39. The van der Waals surface area contributed by atoms with E-state index in [4.69, 9.17) is 0 Å². The summed E-state index contributed by atoms with van der Waals surface area (Å²) in [5.41, 5.74) is 10.5. The molecule has 0 unspecified atom stereocenters. The van der Waals surface area contributed by atoms with Gasteiger partial charge in [-0.25, -0.2) is 0 Å². The molecule has 0 aliphatic carbocycles. The molecule has 0 amide bonds. The van der Waals surface area contributed by atoms with Crippen molar-refractivity contribution < 1.29 is 0 Å². The van der Waals surface area contributed by atoms with E-state index in [0.29, 0.717) is 0 Å². The maximum atomic E-state index is 3.45. The number of hydrogen-bond donors (Lipinski definition) is 0. The van der Waals surface area contributed by atoms with Gasteiger partial charge in [0.1, 0.15) is 16.1 Å². The second-order valence-corrected chi connectivity index (χ2v) is 16.7. The van der Waals surface area contributed by atoms with Crippen molar-refractivity contribution >= 4 is 16.1 Å². The van der Waals surface area contributed by atoms with Gasteiger partial charge in [0.05, 0.1) is 0 Å². The van der Waals surface area contributed by atoms with E-state index < -0.39 is 16.1 Å². The average molecular weight is 299 g/mol. The average Bonchev–Trinajstić information content (AvgIpc) is 2.32. The van der Waals surface area contributed by atoms with E-state index in [1.54, 1.807) is 0 Å². The predicted octanol–water partition coefficient (Wildman–Crippen LogP) is 4.71. The molecule has 1 aromatic rings. The first kappa shape index (κ1) is 16.8. The van der Waals surface area contributed by atoms with Gasteiger partial charge in [-0.05, 0) is 30.2 Å². The molecule has 0 aliphatic rings. The lowest BCUT2D eigenvalue weighted by atomic mass is 10.0. The van der Waals surface area contributed by atoms with Crippen molar-refractivity contribution in [3.8, 4) is 22.9 Å². The molecule has 0 spiro atoms.